The predicted molar refractivity (Wildman–Crippen MR) is 83.8 cm³/mol. The Bertz CT molecular complexity index is 851. The number of nitriles is 1. The average Bonchev–Trinajstić information content (AvgIpc) is 2.62. The Morgan fingerprint density at radius 1 is 1.35 bits per heavy atom. The van der Waals surface area contributed by atoms with Gasteiger partial charge < -0.3 is 5.11 Å². The number of hydrogen-bond donors (Lipinski definition) is 1. The number of hydrogen-bond acceptors (Lipinski definition) is 5. The van der Waals surface area contributed by atoms with Gasteiger partial charge in [-0.3, -0.25) is 15.0 Å². The first-order chi connectivity index (χ1) is 11.2. The fourth-order valence-electron chi connectivity index (χ4n) is 2.37. The van der Waals surface area contributed by atoms with Crippen molar-refractivity contribution in [3.8, 4) is 17.2 Å². The van der Waals surface area contributed by atoms with Crippen LogP contribution in [-0.2, 0) is 4.79 Å². The zero-order valence-electron chi connectivity index (χ0n) is 12.0. The van der Waals surface area contributed by atoms with Gasteiger partial charge in [-0.15, -0.1) is 0 Å². The molecule has 2 aromatic rings. The van der Waals surface area contributed by atoms with Gasteiger partial charge >= 0.3 is 5.97 Å². The molecule has 1 N–H and O–H groups in total. The third-order valence-electron chi connectivity index (χ3n) is 3.58. The first-order valence-corrected chi connectivity index (χ1v) is 6.96. The highest BCUT2D eigenvalue weighted by Crippen LogP contribution is 2.28. The smallest absolute Gasteiger partial charge is 0.336 e. The maximum absolute atomic E-state index is 10.9. The average molecular weight is 304 g/mol. The number of dihydropyridines is 1. The molecule has 1 aliphatic heterocycles. The summed E-state index contributed by atoms with van der Waals surface area (Å²) in [7, 11) is 0. The maximum Gasteiger partial charge on any atom is 0.336 e. The molecular weight excluding hydrogens is 292 g/mol. The number of pyridine rings is 2. The SMILES string of the molecule is N#Cc1cc(C2CC=C(C(=O)O)C=N2)ncc1-c1ccncc1. The predicted octanol–water partition coefficient (Wildman–Crippen LogP) is 2.54. The van der Waals surface area contributed by atoms with Crippen molar-refractivity contribution in [2.45, 2.75) is 12.5 Å². The molecule has 23 heavy (non-hydrogen) atoms. The minimum absolute atomic E-state index is 0.176. The summed E-state index contributed by atoms with van der Waals surface area (Å²) in [6.45, 7) is 0. The third kappa shape index (κ3) is 2.99. The number of aliphatic carboxylic acids is 1. The molecule has 3 heterocycles. The van der Waals surface area contributed by atoms with E-state index in [1.807, 2.05) is 12.1 Å². The Balaban J connectivity index is 1.91. The van der Waals surface area contributed by atoms with Crippen molar-refractivity contribution in [1.82, 2.24) is 9.97 Å². The third-order valence-corrected chi connectivity index (χ3v) is 3.58. The lowest BCUT2D eigenvalue weighted by Crippen LogP contribution is -2.09. The quantitative estimate of drug-likeness (QED) is 0.939. The summed E-state index contributed by atoms with van der Waals surface area (Å²) in [6.07, 6.45) is 8.37. The Morgan fingerprint density at radius 2 is 2.13 bits per heavy atom. The Kier molecular flexibility index (Phi) is 3.93. The van der Waals surface area contributed by atoms with Crippen LogP contribution in [0.4, 0.5) is 0 Å². The molecule has 0 aliphatic carbocycles. The van der Waals surface area contributed by atoms with Gasteiger partial charge in [0.1, 0.15) is 0 Å². The number of nitrogens with zero attached hydrogens (tertiary/aromatic N) is 4. The van der Waals surface area contributed by atoms with E-state index in [-0.39, 0.29) is 11.6 Å². The normalized spacial score (nSPS) is 16.5. The van der Waals surface area contributed by atoms with E-state index in [1.54, 1.807) is 30.7 Å². The largest absolute Gasteiger partial charge is 0.478 e. The first-order valence-electron chi connectivity index (χ1n) is 6.96. The van der Waals surface area contributed by atoms with Crippen LogP contribution < -0.4 is 0 Å². The van der Waals surface area contributed by atoms with Crippen molar-refractivity contribution in [2.75, 3.05) is 0 Å². The monoisotopic (exact) mass is 304 g/mol. The topological polar surface area (TPSA) is 99.2 Å². The van der Waals surface area contributed by atoms with Crippen LogP contribution in [0.25, 0.3) is 11.1 Å². The molecule has 0 radical (unpaired) electrons. The van der Waals surface area contributed by atoms with Gasteiger partial charge in [0.25, 0.3) is 0 Å². The summed E-state index contributed by atoms with van der Waals surface area (Å²) in [5.74, 6) is -0.995. The second-order valence-corrected chi connectivity index (χ2v) is 5.00. The first kappa shape index (κ1) is 14.6. The lowest BCUT2D eigenvalue weighted by Gasteiger charge is -2.15. The standard InChI is InChI=1S/C17H12N4O2/c18-8-13-7-16(15-2-1-12(9-20-15)17(22)23)21-10-14(13)11-3-5-19-6-4-11/h1,3-7,9-10,15H,2H2,(H,22,23). The van der Waals surface area contributed by atoms with Crippen LogP contribution in [0.5, 0.6) is 0 Å². The summed E-state index contributed by atoms with van der Waals surface area (Å²) in [5.41, 5.74) is 2.94. The molecule has 0 saturated heterocycles. The van der Waals surface area contributed by atoms with Crippen LogP contribution in [0.3, 0.4) is 0 Å². The van der Waals surface area contributed by atoms with Gasteiger partial charge in [-0.2, -0.15) is 5.26 Å². The van der Waals surface area contributed by atoms with Gasteiger partial charge in [0.05, 0.1) is 28.9 Å². The summed E-state index contributed by atoms with van der Waals surface area (Å²) in [6, 6.07) is 7.25. The molecule has 0 amide bonds. The molecule has 6 heteroatoms. The van der Waals surface area contributed by atoms with E-state index in [4.69, 9.17) is 5.11 Å². The number of carboxylic acid groups (broad SMARTS) is 1. The Hall–Kier alpha value is -3.33. The highest BCUT2D eigenvalue weighted by atomic mass is 16.4. The summed E-state index contributed by atoms with van der Waals surface area (Å²) < 4.78 is 0. The van der Waals surface area contributed by atoms with E-state index in [1.165, 1.54) is 6.21 Å². The lowest BCUT2D eigenvalue weighted by molar-refractivity contribution is -0.132. The Morgan fingerprint density at radius 3 is 2.74 bits per heavy atom. The van der Waals surface area contributed by atoms with Crippen molar-refractivity contribution < 1.29 is 9.90 Å². The highest BCUT2D eigenvalue weighted by Gasteiger charge is 2.18. The molecule has 0 bridgehead atoms. The van der Waals surface area contributed by atoms with Crippen LogP contribution >= 0.6 is 0 Å². The molecule has 0 aromatic carbocycles. The zero-order valence-corrected chi connectivity index (χ0v) is 12.0. The zero-order chi connectivity index (χ0) is 16.2. The highest BCUT2D eigenvalue weighted by molar-refractivity contribution is 6.08. The van der Waals surface area contributed by atoms with E-state index < -0.39 is 5.97 Å². The number of aromatic nitrogens is 2. The molecule has 0 fully saturated rings. The second kappa shape index (κ2) is 6.20. The van der Waals surface area contributed by atoms with Crippen LogP contribution in [0.2, 0.25) is 0 Å². The van der Waals surface area contributed by atoms with E-state index in [9.17, 15) is 10.1 Å². The molecule has 6 nitrogen and oxygen atoms in total. The second-order valence-electron chi connectivity index (χ2n) is 5.00. The molecule has 0 spiro atoms. The molecule has 1 aliphatic rings. The fourth-order valence-corrected chi connectivity index (χ4v) is 2.37. The molecular formula is C17H12N4O2. The van der Waals surface area contributed by atoms with Crippen LogP contribution in [0.1, 0.15) is 23.7 Å². The molecule has 1 atom stereocenters. The van der Waals surface area contributed by atoms with Crippen LogP contribution in [-0.4, -0.2) is 27.3 Å². The molecule has 112 valence electrons. The molecule has 1 unspecified atom stereocenters. The number of carbonyl (C=O) groups is 1. The van der Waals surface area contributed by atoms with E-state index in [2.05, 4.69) is 21.0 Å². The van der Waals surface area contributed by atoms with Gasteiger partial charge in [0.2, 0.25) is 0 Å². The summed E-state index contributed by atoms with van der Waals surface area (Å²) in [4.78, 5) is 23.5. The molecule has 0 saturated carbocycles. The van der Waals surface area contributed by atoms with Crippen molar-refractivity contribution in [3.63, 3.8) is 0 Å². The van der Waals surface area contributed by atoms with Crippen molar-refractivity contribution in [2.24, 2.45) is 4.99 Å². The van der Waals surface area contributed by atoms with Gasteiger partial charge in [-0.05, 0) is 30.2 Å². The van der Waals surface area contributed by atoms with Crippen molar-refractivity contribution in [1.29, 1.82) is 5.26 Å². The molecule has 2 aromatic heterocycles. The van der Waals surface area contributed by atoms with E-state index in [0.717, 1.165) is 11.1 Å². The minimum Gasteiger partial charge on any atom is -0.478 e. The fraction of sp³-hybridized carbons (Fsp3) is 0.118. The number of carboxylic acids is 1. The summed E-state index contributed by atoms with van der Waals surface area (Å²) in [5, 5.41) is 18.3. The van der Waals surface area contributed by atoms with Gasteiger partial charge in [-0.25, -0.2) is 4.79 Å². The van der Waals surface area contributed by atoms with E-state index >= 15 is 0 Å². The van der Waals surface area contributed by atoms with Crippen LogP contribution in [0.15, 0.2) is 53.4 Å². The molecule has 3 rings (SSSR count). The Labute approximate surface area is 132 Å². The number of aliphatic imine (C=N–C) groups is 1. The summed E-state index contributed by atoms with van der Waals surface area (Å²) >= 11 is 0. The lowest BCUT2D eigenvalue weighted by atomic mass is 9.99. The number of rotatable bonds is 3. The van der Waals surface area contributed by atoms with Crippen LogP contribution in [0, 0.1) is 11.3 Å². The van der Waals surface area contributed by atoms with Crippen molar-refractivity contribution in [3.05, 3.63) is 59.7 Å². The van der Waals surface area contributed by atoms with Gasteiger partial charge in [-0.1, -0.05) is 6.08 Å². The van der Waals surface area contributed by atoms with Crippen molar-refractivity contribution >= 4 is 12.2 Å². The maximum atomic E-state index is 10.9. The van der Waals surface area contributed by atoms with E-state index in [0.29, 0.717) is 17.7 Å². The van der Waals surface area contributed by atoms with Gasteiger partial charge in [0.15, 0.2) is 0 Å². The van der Waals surface area contributed by atoms with Gasteiger partial charge in [0, 0.05) is 30.4 Å². The minimum atomic E-state index is -0.995.